The summed E-state index contributed by atoms with van der Waals surface area (Å²) in [7, 11) is -2.20. The molecule has 0 spiro atoms. The van der Waals surface area contributed by atoms with Crippen LogP contribution in [0.25, 0.3) is 0 Å². The second-order valence-corrected chi connectivity index (χ2v) is 17.4. The quantitative estimate of drug-likeness (QED) is 0.217. The van der Waals surface area contributed by atoms with Crippen LogP contribution in [0, 0.1) is 5.92 Å². The van der Waals surface area contributed by atoms with Crippen LogP contribution < -0.4 is 19.5 Å². The van der Waals surface area contributed by atoms with E-state index in [2.05, 4.69) is 49.1 Å². The van der Waals surface area contributed by atoms with Gasteiger partial charge in [0, 0.05) is 37.2 Å². The maximum Gasteiger partial charge on any atom is 0.411 e. The smallest absolute Gasteiger partial charge is 0.411 e. The molecule has 0 atom stereocenters. The average Bonchev–Trinajstić information content (AvgIpc) is 3.23. The fourth-order valence-electron chi connectivity index (χ4n) is 5.23. The van der Waals surface area contributed by atoms with Gasteiger partial charge in [-0.25, -0.2) is 9.69 Å². The topological polar surface area (TPSA) is 101 Å². The van der Waals surface area contributed by atoms with Crippen LogP contribution in [0.3, 0.4) is 0 Å². The molecule has 226 valence electrons. The Balaban J connectivity index is 1.27. The number of carbonyl (C=O) groups is 3. The van der Waals surface area contributed by atoms with E-state index in [4.69, 9.17) is 9.16 Å². The summed E-state index contributed by atoms with van der Waals surface area (Å²) in [6, 6.07) is 15.8. The highest BCUT2D eigenvalue weighted by Crippen LogP contribution is 2.40. The Morgan fingerprint density at radius 1 is 0.977 bits per heavy atom. The van der Waals surface area contributed by atoms with Crippen LogP contribution in [0.2, 0.25) is 18.1 Å². The minimum absolute atomic E-state index is 0.0465. The van der Waals surface area contributed by atoms with Crippen molar-refractivity contribution < 1.29 is 23.5 Å². The number of pyridine rings is 1. The number of piperidine rings is 1. The average molecular weight is 601 g/mol. The SMILES string of the molecule is CC(C)(C)[Si](C)(C)Oc1ccc(N2C(=O)c3ccccc3C2=O)c(NC(=O)OCCC2CCN(c3ccncc3)CC2)c1. The molecule has 1 fully saturated rings. The largest absolute Gasteiger partial charge is 0.543 e. The summed E-state index contributed by atoms with van der Waals surface area (Å²) >= 11 is 0. The molecule has 0 bridgehead atoms. The first kappa shape index (κ1) is 30.3. The van der Waals surface area contributed by atoms with Crippen molar-refractivity contribution in [2.45, 2.75) is 58.2 Å². The molecule has 3 amide bonds. The highest BCUT2D eigenvalue weighted by atomic mass is 28.4. The summed E-state index contributed by atoms with van der Waals surface area (Å²) in [6.07, 6.45) is 5.77. The minimum Gasteiger partial charge on any atom is -0.543 e. The van der Waals surface area contributed by atoms with Gasteiger partial charge < -0.3 is 14.1 Å². The van der Waals surface area contributed by atoms with Gasteiger partial charge in [0.05, 0.1) is 29.1 Å². The van der Waals surface area contributed by atoms with Crippen LogP contribution in [-0.4, -0.2) is 50.9 Å². The molecule has 0 saturated carbocycles. The van der Waals surface area contributed by atoms with E-state index in [0.29, 0.717) is 22.8 Å². The lowest BCUT2D eigenvalue weighted by Gasteiger charge is -2.36. The molecule has 3 heterocycles. The number of carbonyl (C=O) groups excluding carboxylic acids is 3. The van der Waals surface area contributed by atoms with Gasteiger partial charge in [-0.3, -0.25) is 19.9 Å². The molecule has 1 aromatic heterocycles. The van der Waals surface area contributed by atoms with Gasteiger partial charge in [-0.2, -0.15) is 0 Å². The number of rotatable bonds is 8. The van der Waals surface area contributed by atoms with Crippen LogP contribution in [0.5, 0.6) is 5.75 Å². The van der Waals surface area contributed by atoms with Crippen molar-refractivity contribution in [3.05, 3.63) is 78.1 Å². The van der Waals surface area contributed by atoms with Gasteiger partial charge in [-0.05, 0) is 79.7 Å². The number of imide groups is 1. The van der Waals surface area contributed by atoms with E-state index in [0.717, 1.165) is 37.3 Å². The van der Waals surface area contributed by atoms with Crippen molar-refractivity contribution in [3.63, 3.8) is 0 Å². The van der Waals surface area contributed by atoms with Gasteiger partial charge in [0.25, 0.3) is 11.8 Å². The maximum absolute atomic E-state index is 13.3. The molecule has 1 saturated heterocycles. The van der Waals surface area contributed by atoms with Crippen molar-refractivity contribution in [1.82, 2.24) is 4.98 Å². The van der Waals surface area contributed by atoms with Crippen molar-refractivity contribution in [3.8, 4) is 5.75 Å². The number of nitrogens with one attached hydrogen (secondary N) is 1. The highest BCUT2D eigenvalue weighted by Gasteiger charge is 2.40. The maximum atomic E-state index is 13.3. The van der Waals surface area contributed by atoms with Crippen LogP contribution in [0.1, 0.15) is 60.7 Å². The van der Waals surface area contributed by atoms with Crippen LogP contribution >= 0.6 is 0 Å². The number of amides is 3. The van der Waals surface area contributed by atoms with Crippen molar-refractivity contribution in [1.29, 1.82) is 0 Å². The van der Waals surface area contributed by atoms with Crippen molar-refractivity contribution >= 4 is 43.3 Å². The van der Waals surface area contributed by atoms with Gasteiger partial charge in [-0.1, -0.05) is 32.9 Å². The molecular formula is C33H40N4O5Si. The number of aromatic nitrogens is 1. The highest BCUT2D eigenvalue weighted by molar-refractivity contribution is 6.74. The van der Waals surface area contributed by atoms with Gasteiger partial charge in [0.2, 0.25) is 8.32 Å². The van der Waals surface area contributed by atoms with E-state index in [1.807, 2.05) is 24.5 Å². The molecule has 43 heavy (non-hydrogen) atoms. The van der Waals surface area contributed by atoms with Crippen LogP contribution in [-0.2, 0) is 4.74 Å². The van der Waals surface area contributed by atoms with Crippen LogP contribution in [0.4, 0.5) is 21.9 Å². The van der Waals surface area contributed by atoms with E-state index in [1.165, 1.54) is 5.69 Å². The second-order valence-electron chi connectivity index (χ2n) is 12.7. The molecular weight excluding hydrogens is 560 g/mol. The lowest BCUT2D eigenvalue weighted by molar-refractivity contribution is 0.0925. The molecule has 10 heteroatoms. The third kappa shape index (κ3) is 6.59. The molecule has 3 aromatic rings. The Bertz CT molecular complexity index is 1460. The number of anilines is 3. The normalized spacial score (nSPS) is 15.8. The molecule has 2 aliphatic heterocycles. The molecule has 0 radical (unpaired) electrons. The Labute approximate surface area is 254 Å². The Morgan fingerprint density at radius 3 is 2.21 bits per heavy atom. The molecule has 2 aliphatic rings. The monoisotopic (exact) mass is 600 g/mol. The fraction of sp³-hybridized carbons (Fsp3) is 0.394. The third-order valence-electron chi connectivity index (χ3n) is 8.82. The molecule has 1 N–H and O–H groups in total. The molecule has 0 aliphatic carbocycles. The summed E-state index contributed by atoms with van der Waals surface area (Å²) in [4.78, 5) is 47.1. The number of fused-ring (bicyclic) bond motifs is 1. The Morgan fingerprint density at radius 2 is 1.60 bits per heavy atom. The number of nitrogens with zero attached hydrogens (tertiary/aromatic N) is 3. The zero-order chi connectivity index (χ0) is 30.8. The first-order valence-electron chi connectivity index (χ1n) is 14.8. The third-order valence-corrected chi connectivity index (χ3v) is 13.2. The Hall–Kier alpha value is -4.18. The van der Waals surface area contributed by atoms with Gasteiger partial charge in [-0.15, -0.1) is 0 Å². The number of ether oxygens (including phenoxy) is 1. The van der Waals surface area contributed by atoms with E-state index >= 15 is 0 Å². The summed E-state index contributed by atoms with van der Waals surface area (Å²) in [5.74, 6) is 0.144. The number of benzene rings is 2. The van der Waals surface area contributed by atoms with Gasteiger partial charge in [0.15, 0.2) is 0 Å². The molecule has 2 aromatic carbocycles. The zero-order valence-electron chi connectivity index (χ0n) is 25.6. The summed E-state index contributed by atoms with van der Waals surface area (Å²) in [6.45, 7) is 12.9. The summed E-state index contributed by atoms with van der Waals surface area (Å²) in [5, 5.41) is 2.75. The van der Waals surface area contributed by atoms with Gasteiger partial charge >= 0.3 is 6.09 Å². The number of hydrogen-bond donors (Lipinski definition) is 1. The predicted octanol–water partition coefficient (Wildman–Crippen LogP) is 7.12. The lowest BCUT2D eigenvalue weighted by atomic mass is 9.94. The zero-order valence-corrected chi connectivity index (χ0v) is 26.6. The molecule has 9 nitrogen and oxygen atoms in total. The second kappa shape index (κ2) is 12.2. The standard InChI is InChI=1S/C33H40N4O5Si/c1-33(2,3)43(4,5)42-25-10-11-29(37-30(38)26-8-6-7-9-27(26)31(37)39)28(22-25)35-32(40)41-21-16-23-14-19-36(20-15-23)24-12-17-34-18-13-24/h6-13,17-18,22-23H,14-16,19-21H2,1-5H3,(H,35,40). The minimum atomic E-state index is -2.20. The molecule has 5 rings (SSSR count). The van der Waals surface area contributed by atoms with Crippen LogP contribution in [0.15, 0.2) is 67.0 Å². The van der Waals surface area contributed by atoms with Crippen molar-refractivity contribution in [2.24, 2.45) is 5.92 Å². The van der Waals surface area contributed by atoms with E-state index < -0.39 is 26.2 Å². The Kier molecular flexibility index (Phi) is 8.59. The fourth-order valence-corrected chi connectivity index (χ4v) is 6.25. The number of hydrogen-bond acceptors (Lipinski definition) is 7. The first-order valence-corrected chi connectivity index (χ1v) is 17.7. The van der Waals surface area contributed by atoms with E-state index in [-0.39, 0.29) is 23.0 Å². The van der Waals surface area contributed by atoms with E-state index in [1.54, 1.807) is 42.5 Å². The predicted molar refractivity (Wildman–Crippen MR) is 171 cm³/mol. The molecule has 0 unspecified atom stereocenters. The van der Waals surface area contributed by atoms with Gasteiger partial charge in [0.1, 0.15) is 5.75 Å². The van der Waals surface area contributed by atoms with Crippen molar-refractivity contribution in [2.75, 3.05) is 34.8 Å². The summed E-state index contributed by atoms with van der Waals surface area (Å²) < 4.78 is 12.1. The van der Waals surface area contributed by atoms with E-state index in [9.17, 15) is 14.4 Å². The lowest BCUT2D eigenvalue weighted by Crippen LogP contribution is -2.43. The summed E-state index contributed by atoms with van der Waals surface area (Å²) in [5.41, 5.74) is 2.39. The first-order chi connectivity index (χ1) is 20.4.